The lowest BCUT2D eigenvalue weighted by molar-refractivity contribution is 0.0600. The summed E-state index contributed by atoms with van der Waals surface area (Å²) in [7, 11) is 3.38. The van der Waals surface area contributed by atoms with Crippen molar-refractivity contribution in [2.75, 3.05) is 31.0 Å². The highest BCUT2D eigenvalue weighted by molar-refractivity contribution is 6.58. The third-order valence-electron chi connectivity index (χ3n) is 8.45. The second-order valence-corrected chi connectivity index (χ2v) is 13.1. The van der Waals surface area contributed by atoms with E-state index in [2.05, 4.69) is 19.9 Å². The first-order chi connectivity index (χ1) is 26.0. The van der Waals surface area contributed by atoms with Gasteiger partial charge in [-0.2, -0.15) is 0 Å². The van der Waals surface area contributed by atoms with Crippen LogP contribution in [0.3, 0.4) is 0 Å². The van der Waals surface area contributed by atoms with Crippen LogP contribution in [0.5, 0.6) is 0 Å². The topological polar surface area (TPSA) is 162 Å². The highest BCUT2D eigenvalue weighted by Crippen LogP contribution is 2.32. The van der Waals surface area contributed by atoms with Crippen LogP contribution in [-0.4, -0.2) is 87.4 Å². The minimum atomic E-state index is -1.72. The zero-order chi connectivity index (χ0) is 40.6. The van der Waals surface area contributed by atoms with Crippen molar-refractivity contribution in [1.82, 2.24) is 19.9 Å². The summed E-state index contributed by atoms with van der Waals surface area (Å²) >= 11 is 6.16. The number of hydrogen-bond acceptors (Lipinski definition) is 11. The molecule has 2 heterocycles. The number of aromatic nitrogens is 4. The number of rotatable bonds is 8. The molecule has 55 heavy (non-hydrogen) atoms. The van der Waals surface area contributed by atoms with Crippen LogP contribution in [0, 0.1) is 11.6 Å². The highest BCUT2D eigenvalue weighted by Gasteiger charge is 2.20. The Morgan fingerprint density at radius 3 is 1.75 bits per heavy atom. The standard InChI is InChI=1S/C19H18FN3O2.C14H16ClN3O2.C6H6BFO2/c1-11(2)23(3)18-17(13-6-4-5-7-14(13)20)21-15-9-8-12(19(24)25)10-16(15)22-18;1-8(2)18(3)13-12(15)16-10-6-5-9(14(19)20-4)7-11(10)17-13;8-6-4-2-1-3-5(6)7(9)10/h4-11H,1-3H3,(H,24,25);5-8H,1-4H3;1-4,9-10H. The summed E-state index contributed by atoms with van der Waals surface area (Å²) < 4.78 is 31.5. The molecule has 0 saturated heterocycles. The Hall–Kier alpha value is -5.77. The second-order valence-electron chi connectivity index (χ2n) is 12.7. The number of carboxylic acid groups (broad SMARTS) is 1. The van der Waals surface area contributed by atoms with Gasteiger partial charge in [0.05, 0.1) is 40.3 Å². The van der Waals surface area contributed by atoms with E-state index < -0.39 is 24.9 Å². The van der Waals surface area contributed by atoms with Gasteiger partial charge in [-0.25, -0.2) is 38.3 Å². The van der Waals surface area contributed by atoms with E-state index in [-0.39, 0.29) is 28.9 Å². The maximum atomic E-state index is 14.3. The lowest BCUT2D eigenvalue weighted by Crippen LogP contribution is -2.32. The smallest absolute Gasteiger partial charge is 0.478 e. The molecule has 0 bridgehead atoms. The number of esters is 1. The number of benzene rings is 4. The Kier molecular flexibility index (Phi) is 14.1. The fraction of sp³-hybridized carbons (Fsp3) is 0.231. The number of halogens is 3. The summed E-state index contributed by atoms with van der Waals surface area (Å²) in [6, 6.07) is 21.8. The number of nitrogens with zero attached hydrogens (tertiary/aromatic N) is 6. The SMILES string of the molecule is CC(C)N(C)c1nc2cc(C(=O)O)ccc2nc1-c1ccccc1F.COC(=O)c1ccc2nc(Cl)c(N(C)C(C)C)nc2c1.OB(O)c1ccccc1F. The van der Waals surface area contributed by atoms with Crippen molar-refractivity contribution < 1.29 is 38.3 Å². The van der Waals surface area contributed by atoms with Crippen molar-refractivity contribution in [2.45, 2.75) is 39.8 Å². The van der Waals surface area contributed by atoms with Crippen LogP contribution in [-0.2, 0) is 4.74 Å². The summed E-state index contributed by atoms with van der Waals surface area (Å²) in [5, 5.41) is 26.6. The van der Waals surface area contributed by atoms with Gasteiger partial charge in [-0.1, -0.05) is 41.9 Å². The van der Waals surface area contributed by atoms with Gasteiger partial charge in [0.2, 0.25) is 0 Å². The average Bonchev–Trinajstić information content (AvgIpc) is 3.16. The minimum Gasteiger partial charge on any atom is -0.478 e. The van der Waals surface area contributed by atoms with E-state index in [1.54, 1.807) is 42.5 Å². The third kappa shape index (κ3) is 10.3. The number of ether oxygens (including phenoxy) is 1. The van der Waals surface area contributed by atoms with Crippen LogP contribution in [0.2, 0.25) is 5.15 Å². The molecule has 0 aliphatic carbocycles. The second kappa shape index (κ2) is 18.5. The predicted octanol–water partition coefficient (Wildman–Crippen LogP) is 6.40. The van der Waals surface area contributed by atoms with Crippen LogP contribution in [0.15, 0.2) is 84.9 Å². The molecule has 0 atom stereocenters. The predicted molar refractivity (Wildman–Crippen MR) is 211 cm³/mol. The number of fused-ring (bicyclic) bond motifs is 2. The van der Waals surface area contributed by atoms with Gasteiger partial charge in [-0.05, 0) is 82.3 Å². The van der Waals surface area contributed by atoms with Crippen LogP contribution in [0.25, 0.3) is 33.3 Å². The van der Waals surface area contributed by atoms with Crippen molar-refractivity contribution in [1.29, 1.82) is 0 Å². The van der Waals surface area contributed by atoms with Gasteiger partial charge in [-0.15, -0.1) is 0 Å². The van der Waals surface area contributed by atoms with Crippen LogP contribution in [0.4, 0.5) is 20.4 Å². The molecular formula is C39H40BClF2N6O6. The number of carboxylic acids is 1. The Bertz CT molecular complexity index is 2320. The summed E-state index contributed by atoms with van der Waals surface area (Å²) in [6.07, 6.45) is 0. The zero-order valence-electron chi connectivity index (χ0n) is 31.2. The number of hydrogen-bond donors (Lipinski definition) is 3. The van der Waals surface area contributed by atoms with E-state index >= 15 is 0 Å². The first-order valence-corrected chi connectivity index (χ1v) is 17.3. The third-order valence-corrected chi connectivity index (χ3v) is 8.70. The van der Waals surface area contributed by atoms with Crippen LogP contribution in [0.1, 0.15) is 48.4 Å². The van der Waals surface area contributed by atoms with Gasteiger partial charge >= 0.3 is 19.1 Å². The van der Waals surface area contributed by atoms with E-state index in [0.29, 0.717) is 55.7 Å². The molecule has 6 aromatic rings. The molecular weight excluding hydrogens is 733 g/mol. The molecule has 2 aromatic heterocycles. The molecule has 0 fully saturated rings. The Morgan fingerprint density at radius 1 is 0.709 bits per heavy atom. The lowest BCUT2D eigenvalue weighted by Gasteiger charge is -2.25. The molecule has 286 valence electrons. The largest absolute Gasteiger partial charge is 0.491 e. The monoisotopic (exact) mass is 772 g/mol. The Labute approximate surface area is 322 Å². The van der Waals surface area contributed by atoms with Gasteiger partial charge in [0.25, 0.3) is 0 Å². The molecule has 0 amide bonds. The molecule has 0 aliphatic heterocycles. The summed E-state index contributed by atoms with van der Waals surface area (Å²) in [6.45, 7) is 8.05. The summed E-state index contributed by atoms with van der Waals surface area (Å²) in [5.74, 6) is -1.30. The molecule has 0 unspecified atom stereocenters. The number of carbonyl (C=O) groups is 2. The normalized spacial score (nSPS) is 10.7. The first-order valence-electron chi connectivity index (χ1n) is 17.0. The minimum absolute atomic E-state index is 0.0949. The number of aromatic carboxylic acids is 1. The van der Waals surface area contributed by atoms with Crippen molar-refractivity contribution >= 4 is 69.8 Å². The highest BCUT2D eigenvalue weighted by atomic mass is 35.5. The molecule has 16 heteroatoms. The quantitative estimate of drug-likeness (QED) is 0.116. The molecule has 6 rings (SSSR count). The summed E-state index contributed by atoms with van der Waals surface area (Å²) in [5.41, 5.74) is 3.51. The summed E-state index contributed by atoms with van der Waals surface area (Å²) in [4.78, 5) is 44.5. The maximum Gasteiger partial charge on any atom is 0.491 e. The van der Waals surface area contributed by atoms with Crippen molar-refractivity contribution in [2.24, 2.45) is 0 Å². The first kappa shape index (κ1) is 42.0. The average molecular weight is 773 g/mol. The zero-order valence-corrected chi connectivity index (χ0v) is 32.0. The molecule has 0 aliphatic rings. The van der Waals surface area contributed by atoms with Crippen LogP contribution >= 0.6 is 11.6 Å². The number of carbonyl (C=O) groups excluding carboxylic acids is 1. The van der Waals surface area contributed by atoms with Crippen molar-refractivity contribution in [3.63, 3.8) is 0 Å². The van der Waals surface area contributed by atoms with Gasteiger partial charge in [-0.3, -0.25) is 0 Å². The fourth-order valence-electron chi connectivity index (χ4n) is 4.92. The van der Waals surface area contributed by atoms with Crippen LogP contribution < -0.4 is 15.3 Å². The fourth-order valence-corrected chi connectivity index (χ4v) is 5.19. The van der Waals surface area contributed by atoms with Gasteiger partial charge < -0.3 is 29.7 Å². The van der Waals surface area contributed by atoms with Crippen molar-refractivity contribution in [3.05, 3.63) is 113 Å². The molecule has 0 saturated carbocycles. The Morgan fingerprint density at radius 2 is 1.22 bits per heavy atom. The van der Waals surface area contributed by atoms with E-state index in [1.165, 1.54) is 49.6 Å². The molecule has 4 aromatic carbocycles. The van der Waals surface area contributed by atoms with Gasteiger partial charge in [0, 0.05) is 37.2 Å². The van der Waals surface area contributed by atoms with Gasteiger partial charge in [0.15, 0.2) is 16.8 Å². The Balaban J connectivity index is 0.000000200. The van der Waals surface area contributed by atoms with Gasteiger partial charge in [0.1, 0.15) is 17.3 Å². The molecule has 0 radical (unpaired) electrons. The lowest BCUT2D eigenvalue weighted by atomic mass is 9.80. The van der Waals surface area contributed by atoms with E-state index in [1.807, 2.05) is 51.6 Å². The van der Waals surface area contributed by atoms with E-state index in [4.69, 9.17) is 26.4 Å². The van der Waals surface area contributed by atoms with E-state index in [0.717, 1.165) is 0 Å². The number of anilines is 2. The van der Waals surface area contributed by atoms with E-state index in [9.17, 15) is 23.5 Å². The number of methoxy groups -OCH3 is 1. The molecule has 3 N–H and O–H groups in total. The maximum absolute atomic E-state index is 14.3. The van der Waals surface area contributed by atoms with Crippen molar-refractivity contribution in [3.8, 4) is 11.3 Å². The molecule has 12 nitrogen and oxygen atoms in total. The molecule has 0 spiro atoms.